The van der Waals surface area contributed by atoms with Crippen LogP contribution in [0.15, 0.2) is 109 Å². The smallest absolute Gasteiger partial charge is 0.238 e. The Morgan fingerprint density at radius 3 is 2.32 bits per heavy atom. The van der Waals surface area contributed by atoms with Gasteiger partial charge in [-0.25, -0.2) is 9.97 Å². The van der Waals surface area contributed by atoms with Crippen molar-refractivity contribution in [3.05, 3.63) is 115 Å². The Bertz CT molecular complexity index is 2370. The summed E-state index contributed by atoms with van der Waals surface area (Å²) in [5.74, 6) is 2.72. The lowest BCUT2D eigenvalue weighted by molar-refractivity contribution is 0.928. The van der Waals surface area contributed by atoms with Crippen LogP contribution in [0.5, 0.6) is 0 Å². The van der Waals surface area contributed by atoms with Gasteiger partial charge in [-0.1, -0.05) is 78.9 Å². The van der Waals surface area contributed by atoms with Crippen molar-refractivity contribution in [1.82, 2.24) is 33.9 Å². The highest BCUT2D eigenvalue weighted by molar-refractivity contribution is 6.18. The second-order valence-corrected chi connectivity index (χ2v) is 10.4. The number of allylic oxidation sites excluding steroid dienone is 4. The highest BCUT2D eigenvalue weighted by Gasteiger charge is 2.22. The third-order valence-electron chi connectivity index (χ3n) is 7.95. The van der Waals surface area contributed by atoms with Crippen molar-refractivity contribution in [2.45, 2.75) is 12.8 Å². The highest BCUT2D eigenvalue weighted by atomic mass is 15.2. The largest absolute Gasteiger partial charge is 0.323 e. The van der Waals surface area contributed by atoms with E-state index in [1.165, 1.54) is 0 Å². The molecule has 0 amide bonds. The van der Waals surface area contributed by atoms with E-state index in [4.69, 9.17) is 19.9 Å². The normalized spacial score (nSPS) is 13.7. The monoisotopic (exact) mass is 529 g/mol. The van der Waals surface area contributed by atoms with Gasteiger partial charge in [0, 0.05) is 21.9 Å². The number of fused-ring (bicyclic) bond motifs is 9. The Balaban J connectivity index is 1.45. The summed E-state index contributed by atoms with van der Waals surface area (Å²) >= 11 is 0. The molecule has 1 aliphatic carbocycles. The Morgan fingerprint density at radius 2 is 1.44 bits per heavy atom. The van der Waals surface area contributed by atoms with Crippen LogP contribution in [0.4, 0.5) is 0 Å². The summed E-state index contributed by atoms with van der Waals surface area (Å²) in [7, 11) is 0. The number of benzene rings is 4. The molecule has 0 atom stereocenters. The van der Waals surface area contributed by atoms with E-state index < -0.39 is 0 Å². The van der Waals surface area contributed by atoms with E-state index in [0.717, 1.165) is 73.6 Å². The molecule has 1 aliphatic rings. The maximum Gasteiger partial charge on any atom is 0.238 e. The van der Waals surface area contributed by atoms with Crippen molar-refractivity contribution in [3.8, 4) is 17.3 Å². The standard InChI is InChI=1S/C34H23N7/c1-3-11-21(12-4-1)31-37-32(22-13-5-2-6-14-22)39-34(38-31)40-27-17-9-7-15-23(27)24-19-20-26-30(29(24)40)41-28-18-10-8-16-25(28)35-33(41)36-26/h1,3-5,7-20H,2,6H2,(H,35,36). The first kappa shape index (κ1) is 22.3. The van der Waals surface area contributed by atoms with E-state index in [-0.39, 0.29) is 0 Å². The molecule has 0 aliphatic heterocycles. The predicted octanol–water partition coefficient (Wildman–Crippen LogP) is 7.65. The van der Waals surface area contributed by atoms with Crippen LogP contribution in [-0.4, -0.2) is 33.9 Å². The molecule has 9 rings (SSSR count). The van der Waals surface area contributed by atoms with Crippen LogP contribution in [0.3, 0.4) is 0 Å². The van der Waals surface area contributed by atoms with Gasteiger partial charge >= 0.3 is 0 Å². The van der Waals surface area contributed by atoms with E-state index >= 15 is 0 Å². The molecule has 0 saturated carbocycles. The fourth-order valence-corrected chi connectivity index (χ4v) is 6.12. The molecule has 0 radical (unpaired) electrons. The number of hydrogen-bond donors (Lipinski definition) is 1. The Kier molecular flexibility index (Phi) is 4.60. The molecule has 0 bridgehead atoms. The average molecular weight is 530 g/mol. The van der Waals surface area contributed by atoms with Crippen LogP contribution in [0, 0.1) is 0 Å². The van der Waals surface area contributed by atoms with Crippen molar-refractivity contribution >= 4 is 55.2 Å². The van der Waals surface area contributed by atoms with Crippen LogP contribution in [0.2, 0.25) is 0 Å². The second-order valence-electron chi connectivity index (χ2n) is 10.4. The molecule has 7 nitrogen and oxygen atoms in total. The summed E-state index contributed by atoms with van der Waals surface area (Å²) in [6, 6.07) is 31.2. The molecule has 0 unspecified atom stereocenters. The van der Waals surface area contributed by atoms with Crippen LogP contribution >= 0.6 is 0 Å². The number of nitrogens with one attached hydrogen (secondary N) is 1. The molecule has 0 spiro atoms. The van der Waals surface area contributed by atoms with Crippen LogP contribution in [0.25, 0.3) is 72.6 Å². The molecule has 1 N–H and O–H groups in total. The summed E-state index contributed by atoms with van der Waals surface area (Å²) in [6.07, 6.45) is 8.51. The summed E-state index contributed by atoms with van der Waals surface area (Å²) in [5.41, 5.74) is 8.08. The molecule has 8 aromatic rings. The SMILES string of the molecule is C1=CC(c2nc(-c3ccccc3)nc(-n3c4ccccc4c4ccc5nc6[nH]c7ccccc7n6c5c43)n2)=CCC1. The number of aromatic amines is 1. The summed E-state index contributed by atoms with van der Waals surface area (Å²) < 4.78 is 4.41. The fourth-order valence-electron chi connectivity index (χ4n) is 6.12. The van der Waals surface area contributed by atoms with E-state index in [0.29, 0.717) is 17.6 Å². The van der Waals surface area contributed by atoms with Gasteiger partial charge in [0.1, 0.15) is 0 Å². The van der Waals surface area contributed by atoms with Crippen LogP contribution in [0.1, 0.15) is 18.7 Å². The van der Waals surface area contributed by atoms with Crippen molar-refractivity contribution < 1.29 is 0 Å². The summed E-state index contributed by atoms with van der Waals surface area (Å²) in [5, 5.41) is 2.26. The molecule has 0 saturated heterocycles. The topological polar surface area (TPSA) is 76.7 Å². The first-order valence-corrected chi connectivity index (χ1v) is 13.8. The zero-order valence-corrected chi connectivity index (χ0v) is 22.0. The van der Waals surface area contributed by atoms with Crippen molar-refractivity contribution in [3.63, 3.8) is 0 Å². The molecule has 0 fully saturated rings. The van der Waals surface area contributed by atoms with E-state index in [9.17, 15) is 0 Å². The van der Waals surface area contributed by atoms with Gasteiger partial charge in [0.15, 0.2) is 11.6 Å². The molecule has 41 heavy (non-hydrogen) atoms. The molecular formula is C34H23N7. The van der Waals surface area contributed by atoms with Crippen molar-refractivity contribution in [1.29, 1.82) is 0 Å². The average Bonchev–Trinajstić information content (AvgIpc) is 3.69. The van der Waals surface area contributed by atoms with Gasteiger partial charge in [0.05, 0.1) is 33.1 Å². The lowest BCUT2D eigenvalue weighted by atomic mass is 10.1. The Labute approximate surface area is 234 Å². The maximum absolute atomic E-state index is 5.13. The quantitative estimate of drug-likeness (QED) is 0.255. The molecule has 4 aromatic carbocycles. The summed E-state index contributed by atoms with van der Waals surface area (Å²) in [6.45, 7) is 0. The number of rotatable bonds is 3. The third kappa shape index (κ3) is 3.26. The van der Waals surface area contributed by atoms with Gasteiger partial charge in [0.2, 0.25) is 11.7 Å². The predicted molar refractivity (Wildman–Crippen MR) is 164 cm³/mol. The zero-order valence-electron chi connectivity index (χ0n) is 22.0. The van der Waals surface area contributed by atoms with Crippen molar-refractivity contribution in [2.75, 3.05) is 0 Å². The van der Waals surface area contributed by atoms with Crippen LogP contribution < -0.4 is 0 Å². The van der Waals surface area contributed by atoms with Gasteiger partial charge in [0.25, 0.3) is 0 Å². The maximum atomic E-state index is 5.13. The Hall–Kier alpha value is -5.56. The number of imidazole rings is 2. The minimum Gasteiger partial charge on any atom is -0.323 e. The number of para-hydroxylation sites is 3. The summed E-state index contributed by atoms with van der Waals surface area (Å²) in [4.78, 5) is 23.7. The Morgan fingerprint density at radius 1 is 0.634 bits per heavy atom. The molecular weight excluding hydrogens is 506 g/mol. The second kappa shape index (κ2) is 8.47. The lowest BCUT2D eigenvalue weighted by Gasteiger charge is -2.12. The van der Waals surface area contributed by atoms with Gasteiger partial charge < -0.3 is 4.98 Å². The van der Waals surface area contributed by atoms with Gasteiger partial charge in [-0.15, -0.1) is 0 Å². The molecule has 7 heteroatoms. The third-order valence-corrected chi connectivity index (χ3v) is 7.95. The first-order valence-electron chi connectivity index (χ1n) is 13.8. The van der Waals surface area contributed by atoms with Crippen molar-refractivity contribution in [2.24, 2.45) is 0 Å². The fraction of sp³-hybridized carbons (Fsp3) is 0.0588. The lowest BCUT2D eigenvalue weighted by Crippen LogP contribution is -2.08. The van der Waals surface area contributed by atoms with Gasteiger partial charge in [-0.3, -0.25) is 8.97 Å². The van der Waals surface area contributed by atoms with Gasteiger partial charge in [-0.05, 0) is 43.2 Å². The van der Waals surface area contributed by atoms with Gasteiger partial charge in [-0.2, -0.15) is 9.97 Å². The first-order chi connectivity index (χ1) is 20.3. The minimum atomic E-state index is 0.585. The van der Waals surface area contributed by atoms with E-state index in [1.807, 2.05) is 36.4 Å². The molecule has 4 aromatic heterocycles. The highest BCUT2D eigenvalue weighted by Crippen LogP contribution is 2.37. The van der Waals surface area contributed by atoms with E-state index in [1.54, 1.807) is 0 Å². The van der Waals surface area contributed by atoms with Crippen LogP contribution in [-0.2, 0) is 0 Å². The zero-order chi connectivity index (χ0) is 26.9. The number of H-pyrrole nitrogens is 1. The number of nitrogens with zero attached hydrogens (tertiary/aromatic N) is 6. The molecule has 4 heterocycles. The number of hydrogen-bond acceptors (Lipinski definition) is 4. The number of aromatic nitrogens is 7. The minimum absolute atomic E-state index is 0.585. The van der Waals surface area contributed by atoms with E-state index in [2.05, 4.69) is 86.8 Å². The molecule has 194 valence electrons.